The molecule has 104 valence electrons. The van der Waals surface area contributed by atoms with Crippen LogP contribution < -0.4 is 0 Å². The number of Topliss-reactive ketones (excluding diaryl/α,β-unsaturated/α-hetero) is 1. The fourth-order valence-electron chi connectivity index (χ4n) is 2.22. The van der Waals surface area contributed by atoms with E-state index in [0.717, 1.165) is 25.7 Å². The Morgan fingerprint density at radius 2 is 1.55 bits per heavy atom. The highest BCUT2D eigenvalue weighted by atomic mass is 19.1. The molecular formula is C18H19FO. The van der Waals surface area contributed by atoms with Crippen molar-refractivity contribution in [3.63, 3.8) is 0 Å². The first kappa shape index (κ1) is 14.4. The molecule has 0 aliphatic rings. The molecular weight excluding hydrogens is 251 g/mol. The predicted molar refractivity (Wildman–Crippen MR) is 79.3 cm³/mol. The zero-order valence-electron chi connectivity index (χ0n) is 11.5. The van der Waals surface area contributed by atoms with E-state index in [4.69, 9.17) is 0 Å². The van der Waals surface area contributed by atoms with Crippen LogP contribution in [-0.4, -0.2) is 5.78 Å². The fourth-order valence-corrected chi connectivity index (χ4v) is 2.22. The van der Waals surface area contributed by atoms with Gasteiger partial charge in [0.25, 0.3) is 0 Å². The smallest absolute Gasteiger partial charge is 0.162 e. The lowest BCUT2D eigenvalue weighted by atomic mass is 10.0. The monoisotopic (exact) mass is 270 g/mol. The summed E-state index contributed by atoms with van der Waals surface area (Å²) in [7, 11) is 0. The highest BCUT2D eigenvalue weighted by molar-refractivity contribution is 5.95. The van der Waals surface area contributed by atoms with E-state index in [2.05, 4.69) is 12.1 Å². The Morgan fingerprint density at radius 3 is 2.25 bits per heavy atom. The van der Waals surface area contributed by atoms with Gasteiger partial charge in [-0.3, -0.25) is 4.79 Å². The standard InChI is InChI=1S/C18H19FO/c19-17-13-11-16(12-14-17)18(20)10-6-2-5-9-15-7-3-1-4-8-15/h1,3-4,7-8,11-14H,2,5-6,9-10H2. The second kappa shape index (κ2) is 7.59. The zero-order valence-corrected chi connectivity index (χ0v) is 11.5. The largest absolute Gasteiger partial charge is 0.294 e. The topological polar surface area (TPSA) is 17.1 Å². The van der Waals surface area contributed by atoms with Crippen LogP contribution in [0.3, 0.4) is 0 Å². The van der Waals surface area contributed by atoms with E-state index in [9.17, 15) is 9.18 Å². The van der Waals surface area contributed by atoms with Crippen molar-refractivity contribution < 1.29 is 9.18 Å². The molecule has 0 spiro atoms. The molecule has 1 nitrogen and oxygen atoms in total. The van der Waals surface area contributed by atoms with Crippen molar-refractivity contribution in [1.29, 1.82) is 0 Å². The molecule has 0 saturated carbocycles. The molecule has 0 N–H and O–H groups in total. The minimum Gasteiger partial charge on any atom is -0.294 e. The Labute approximate surface area is 119 Å². The lowest BCUT2D eigenvalue weighted by Gasteiger charge is -2.02. The minimum absolute atomic E-state index is 0.102. The maximum atomic E-state index is 12.8. The summed E-state index contributed by atoms with van der Waals surface area (Å²) in [5.41, 5.74) is 1.95. The molecule has 0 unspecified atom stereocenters. The number of benzene rings is 2. The number of unbranched alkanes of at least 4 members (excludes halogenated alkanes) is 2. The molecule has 0 radical (unpaired) electrons. The molecule has 0 saturated heterocycles. The summed E-state index contributed by atoms with van der Waals surface area (Å²) in [4.78, 5) is 11.9. The van der Waals surface area contributed by atoms with Crippen LogP contribution in [0.4, 0.5) is 4.39 Å². The van der Waals surface area contributed by atoms with Gasteiger partial charge < -0.3 is 0 Å². The second-order valence-corrected chi connectivity index (χ2v) is 4.98. The van der Waals surface area contributed by atoms with Crippen LogP contribution in [0.15, 0.2) is 54.6 Å². The number of hydrogen-bond acceptors (Lipinski definition) is 1. The second-order valence-electron chi connectivity index (χ2n) is 4.98. The van der Waals surface area contributed by atoms with Crippen molar-refractivity contribution in [2.45, 2.75) is 32.1 Å². The number of rotatable bonds is 7. The van der Waals surface area contributed by atoms with E-state index < -0.39 is 0 Å². The third-order valence-corrected chi connectivity index (χ3v) is 3.38. The number of carbonyl (C=O) groups excluding carboxylic acids is 1. The van der Waals surface area contributed by atoms with Gasteiger partial charge >= 0.3 is 0 Å². The highest BCUT2D eigenvalue weighted by Crippen LogP contribution is 2.11. The normalized spacial score (nSPS) is 10.4. The van der Waals surface area contributed by atoms with Crippen molar-refractivity contribution in [3.8, 4) is 0 Å². The van der Waals surface area contributed by atoms with E-state index in [1.54, 1.807) is 12.1 Å². The van der Waals surface area contributed by atoms with Crippen LogP contribution in [0.1, 0.15) is 41.6 Å². The summed E-state index contributed by atoms with van der Waals surface area (Å²) < 4.78 is 12.8. The van der Waals surface area contributed by atoms with Gasteiger partial charge in [-0.05, 0) is 49.1 Å². The quantitative estimate of drug-likeness (QED) is 0.521. The maximum absolute atomic E-state index is 12.8. The van der Waals surface area contributed by atoms with Crippen molar-refractivity contribution in [1.82, 2.24) is 0 Å². The number of carbonyl (C=O) groups is 1. The van der Waals surface area contributed by atoms with Gasteiger partial charge in [-0.2, -0.15) is 0 Å². The summed E-state index contributed by atoms with van der Waals surface area (Å²) in [6.45, 7) is 0. The Bertz CT molecular complexity index is 531. The van der Waals surface area contributed by atoms with Crippen molar-refractivity contribution in [3.05, 3.63) is 71.5 Å². The first-order valence-corrected chi connectivity index (χ1v) is 7.08. The van der Waals surface area contributed by atoms with Gasteiger partial charge in [-0.25, -0.2) is 4.39 Å². The van der Waals surface area contributed by atoms with Crippen molar-refractivity contribution >= 4 is 5.78 Å². The molecule has 0 bridgehead atoms. The molecule has 0 heterocycles. The average Bonchev–Trinajstić information content (AvgIpc) is 2.48. The highest BCUT2D eigenvalue weighted by Gasteiger charge is 2.05. The summed E-state index contributed by atoms with van der Waals surface area (Å²) in [6, 6.07) is 16.2. The minimum atomic E-state index is -0.301. The first-order chi connectivity index (χ1) is 9.75. The molecule has 20 heavy (non-hydrogen) atoms. The maximum Gasteiger partial charge on any atom is 0.162 e. The summed E-state index contributed by atoms with van der Waals surface area (Å²) >= 11 is 0. The molecule has 0 amide bonds. The van der Waals surface area contributed by atoms with E-state index >= 15 is 0 Å². The number of ketones is 1. The van der Waals surface area contributed by atoms with Crippen LogP contribution >= 0.6 is 0 Å². The van der Waals surface area contributed by atoms with Gasteiger partial charge in [0.2, 0.25) is 0 Å². The van der Waals surface area contributed by atoms with Gasteiger partial charge in [-0.15, -0.1) is 0 Å². The van der Waals surface area contributed by atoms with E-state index in [1.807, 2.05) is 18.2 Å². The van der Waals surface area contributed by atoms with Gasteiger partial charge in [0, 0.05) is 12.0 Å². The number of aryl methyl sites for hydroxylation is 1. The van der Waals surface area contributed by atoms with Crippen LogP contribution in [0.25, 0.3) is 0 Å². The van der Waals surface area contributed by atoms with Gasteiger partial charge in [0.15, 0.2) is 5.78 Å². The van der Waals surface area contributed by atoms with Crippen molar-refractivity contribution in [2.24, 2.45) is 0 Å². The summed E-state index contributed by atoms with van der Waals surface area (Å²) in [6.07, 6.45) is 4.64. The van der Waals surface area contributed by atoms with E-state index in [-0.39, 0.29) is 11.6 Å². The van der Waals surface area contributed by atoms with Gasteiger partial charge in [-0.1, -0.05) is 36.8 Å². The molecule has 0 aromatic heterocycles. The Balaban J connectivity index is 1.66. The van der Waals surface area contributed by atoms with Crippen LogP contribution in [0, 0.1) is 5.82 Å². The Kier molecular flexibility index (Phi) is 5.48. The van der Waals surface area contributed by atoms with Gasteiger partial charge in [0.05, 0.1) is 0 Å². The Morgan fingerprint density at radius 1 is 0.850 bits per heavy atom. The lowest BCUT2D eigenvalue weighted by Crippen LogP contribution is -1.99. The van der Waals surface area contributed by atoms with Crippen molar-refractivity contribution in [2.75, 3.05) is 0 Å². The summed E-state index contributed by atoms with van der Waals surface area (Å²) in [5.74, 6) is -0.200. The summed E-state index contributed by atoms with van der Waals surface area (Å²) in [5, 5.41) is 0. The Hall–Kier alpha value is -1.96. The first-order valence-electron chi connectivity index (χ1n) is 7.08. The van der Waals surface area contributed by atoms with Crippen LogP contribution in [-0.2, 0) is 6.42 Å². The molecule has 0 atom stereocenters. The number of halogens is 1. The van der Waals surface area contributed by atoms with E-state index in [0.29, 0.717) is 12.0 Å². The third-order valence-electron chi connectivity index (χ3n) is 3.38. The SMILES string of the molecule is O=C(CCCCCc1ccccc1)c1ccc(F)cc1. The molecule has 0 aliphatic heterocycles. The molecule has 0 fully saturated rings. The van der Waals surface area contributed by atoms with Crippen LogP contribution in [0.5, 0.6) is 0 Å². The van der Waals surface area contributed by atoms with E-state index in [1.165, 1.54) is 17.7 Å². The zero-order chi connectivity index (χ0) is 14.2. The van der Waals surface area contributed by atoms with Crippen LogP contribution in [0.2, 0.25) is 0 Å². The molecule has 0 aliphatic carbocycles. The molecule has 2 rings (SSSR count). The predicted octanol–water partition coefficient (Wildman–Crippen LogP) is 4.81. The third kappa shape index (κ3) is 4.61. The lowest BCUT2D eigenvalue weighted by molar-refractivity contribution is 0.0979. The average molecular weight is 270 g/mol. The fraction of sp³-hybridized carbons (Fsp3) is 0.278. The molecule has 2 aromatic rings. The molecule has 2 aromatic carbocycles. The molecule has 2 heteroatoms. The van der Waals surface area contributed by atoms with Gasteiger partial charge in [0.1, 0.15) is 5.82 Å². The number of hydrogen-bond donors (Lipinski definition) is 0.